The van der Waals surface area contributed by atoms with Gasteiger partial charge in [-0.25, -0.2) is 9.98 Å². The van der Waals surface area contributed by atoms with E-state index in [-0.39, 0.29) is 24.0 Å². The van der Waals surface area contributed by atoms with Crippen LogP contribution in [0.3, 0.4) is 0 Å². The van der Waals surface area contributed by atoms with Crippen LogP contribution in [0.4, 0.5) is 0 Å². The highest BCUT2D eigenvalue weighted by molar-refractivity contribution is 7.13. The average Bonchev–Trinajstić information content (AvgIpc) is 3.34. The Balaban J connectivity index is 1.76. The zero-order valence-corrected chi connectivity index (χ0v) is 16.6. The van der Waals surface area contributed by atoms with E-state index in [1.54, 1.807) is 28.6 Å². The number of H-pyrrole nitrogens is 1. The lowest BCUT2D eigenvalue weighted by Gasteiger charge is -2.48. The van der Waals surface area contributed by atoms with Crippen molar-refractivity contribution in [3.63, 3.8) is 0 Å². The molecule has 0 aromatic carbocycles. The Hall–Kier alpha value is -2.55. The molecular formula is C18H23N7OS. The van der Waals surface area contributed by atoms with Crippen molar-refractivity contribution < 1.29 is 4.79 Å². The van der Waals surface area contributed by atoms with Crippen LogP contribution >= 0.6 is 11.3 Å². The molecule has 2 aromatic rings. The van der Waals surface area contributed by atoms with Crippen molar-refractivity contribution >= 4 is 29.3 Å². The zero-order valence-electron chi connectivity index (χ0n) is 15.8. The number of amidine groups is 1. The van der Waals surface area contributed by atoms with Gasteiger partial charge in [-0.05, 0) is 20.3 Å². The van der Waals surface area contributed by atoms with Crippen LogP contribution < -0.4 is 0 Å². The molecule has 2 aliphatic rings. The number of nitrogens with zero attached hydrogens (tertiary/aromatic N) is 6. The van der Waals surface area contributed by atoms with Crippen LogP contribution in [0.2, 0.25) is 0 Å². The van der Waals surface area contributed by atoms with Gasteiger partial charge in [0.05, 0.1) is 6.20 Å². The van der Waals surface area contributed by atoms with E-state index in [2.05, 4.69) is 38.9 Å². The van der Waals surface area contributed by atoms with Crippen molar-refractivity contribution in [2.45, 2.75) is 51.5 Å². The fraction of sp³-hybridized carbons (Fsp3) is 0.500. The van der Waals surface area contributed by atoms with E-state index in [0.29, 0.717) is 0 Å². The maximum atomic E-state index is 12.8. The van der Waals surface area contributed by atoms with Gasteiger partial charge < -0.3 is 9.80 Å². The molecule has 0 spiro atoms. The second-order valence-corrected chi connectivity index (χ2v) is 7.91. The third kappa shape index (κ3) is 2.86. The Kier molecular flexibility index (Phi) is 4.55. The van der Waals surface area contributed by atoms with E-state index in [9.17, 15) is 4.79 Å². The molecule has 1 saturated heterocycles. The number of thiazole rings is 1. The van der Waals surface area contributed by atoms with Crippen LogP contribution in [0.1, 0.15) is 38.9 Å². The number of rotatable bonds is 4. The number of aromatic amines is 1. The number of carbonyl (C=O) groups excluding carboxylic acids is 1. The van der Waals surface area contributed by atoms with E-state index >= 15 is 0 Å². The van der Waals surface area contributed by atoms with Crippen molar-refractivity contribution in [3.05, 3.63) is 23.3 Å². The van der Waals surface area contributed by atoms with Gasteiger partial charge in [-0.2, -0.15) is 5.10 Å². The molecule has 4 rings (SSSR count). The zero-order chi connectivity index (χ0) is 19.1. The highest BCUT2D eigenvalue weighted by Crippen LogP contribution is 2.34. The smallest absolute Gasteiger partial charge is 0.245 e. The molecule has 2 aromatic heterocycles. The summed E-state index contributed by atoms with van der Waals surface area (Å²) in [6, 6.07) is -0.252. The lowest BCUT2D eigenvalue weighted by molar-refractivity contribution is -0.137. The molecule has 2 aliphatic heterocycles. The first-order valence-electron chi connectivity index (χ1n) is 9.12. The highest BCUT2D eigenvalue weighted by Gasteiger charge is 2.44. The molecule has 2 unspecified atom stereocenters. The van der Waals surface area contributed by atoms with E-state index in [4.69, 9.17) is 4.99 Å². The Labute approximate surface area is 162 Å². The number of aromatic nitrogens is 3. The third-order valence-corrected chi connectivity index (χ3v) is 5.86. The number of piperazine rings is 1. The molecule has 0 radical (unpaired) electrons. The van der Waals surface area contributed by atoms with Gasteiger partial charge in [0.2, 0.25) is 5.91 Å². The molecule has 1 amide bonds. The molecule has 27 heavy (non-hydrogen) atoms. The molecule has 142 valence electrons. The summed E-state index contributed by atoms with van der Waals surface area (Å²) >= 11 is 1.55. The number of carbonyl (C=O) groups is 1. The van der Waals surface area contributed by atoms with Crippen LogP contribution in [0.25, 0.3) is 10.7 Å². The van der Waals surface area contributed by atoms with Gasteiger partial charge in [0.15, 0.2) is 6.17 Å². The van der Waals surface area contributed by atoms with Crippen LogP contribution in [0.15, 0.2) is 27.8 Å². The summed E-state index contributed by atoms with van der Waals surface area (Å²) in [5.74, 6) is 1.01. The van der Waals surface area contributed by atoms with Gasteiger partial charge in [0.1, 0.15) is 28.6 Å². The summed E-state index contributed by atoms with van der Waals surface area (Å²) in [4.78, 5) is 30.7. The molecule has 0 saturated carbocycles. The summed E-state index contributed by atoms with van der Waals surface area (Å²) in [5, 5.41) is 10.0. The standard InChI is InChI=1S/C18H23N7OS/c1-5-12-18(26)24(4)13-9-20-15(22-16(13)25(12)10(2)3)11-8-21-23-14(11)17-19-6-7-27-17/h6-10,12-13,15H,5H2,1-4H3,(H,21,23)/t12?,13?,15-/m0/s1. The van der Waals surface area contributed by atoms with E-state index < -0.39 is 6.17 Å². The molecule has 1 fully saturated rings. The Morgan fingerprint density at radius 1 is 1.37 bits per heavy atom. The quantitative estimate of drug-likeness (QED) is 0.875. The summed E-state index contributed by atoms with van der Waals surface area (Å²) in [5.41, 5.74) is 1.74. The summed E-state index contributed by atoms with van der Waals surface area (Å²) in [6.45, 7) is 6.23. The molecule has 0 aliphatic carbocycles. The molecule has 8 nitrogen and oxygen atoms in total. The van der Waals surface area contributed by atoms with Crippen molar-refractivity contribution in [1.82, 2.24) is 25.0 Å². The summed E-state index contributed by atoms with van der Waals surface area (Å²) in [6.07, 6.45) is 5.72. The molecule has 1 N–H and O–H groups in total. The van der Waals surface area contributed by atoms with Crippen LogP contribution in [-0.2, 0) is 4.79 Å². The fourth-order valence-electron chi connectivity index (χ4n) is 3.76. The number of hydrogen-bond donors (Lipinski definition) is 1. The number of amides is 1. The summed E-state index contributed by atoms with van der Waals surface area (Å²) < 4.78 is 0. The fourth-order valence-corrected chi connectivity index (χ4v) is 4.42. The van der Waals surface area contributed by atoms with E-state index in [1.165, 1.54) is 0 Å². The van der Waals surface area contributed by atoms with Gasteiger partial charge in [-0.1, -0.05) is 6.92 Å². The highest BCUT2D eigenvalue weighted by atomic mass is 32.1. The third-order valence-electron chi connectivity index (χ3n) is 5.07. The number of likely N-dealkylation sites (N-methyl/N-ethyl adjacent to an activating group) is 1. The number of hydrogen-bond acceptors (Lipinski definition) is 7. The van der Waals surface area contributed by atoms with Gasteiger partial charge in [0, 0.05) is 36.4 Å². The number of aliphatic imine (C=N–C) groups is 2. The minimum absolute atomic E-state index is 0.117. The Morgan fingerprint density at radius 2 is 2.19 bits per heavy atom. The Bertz CT molecular complexity index is 885. The monoisotopic (exact) mass is 385 g/mol. The predicted molar refractivity (Wildman–Crippen MR) is 106 cm³/mol. The second kappa shape index (κ2) is 6.88. The first kappa shape index (κ1) is 17.8. The van der Waals surface area contributed by atoms with Crippen LogP contribution in [0.5, 0.6) is 0 Å². The van der Waals surface area contributed by atoms with Crippen molar-refractivity contribution in [2.75, 3.05) is 7.05 Å². The van der Waals surface area contributed by atoms with Gasteiger partial charge in [-0.15, -0.1) is 11.3 Å². The minimum Gasteiger partial charge on any atom is -0.344 e. The molecule has 4 heterocycles. The topological polar surface area (TPSA) is 89.8 Å². The van der Waals surface area contributed by atoms with Crippen molar-refractivity contribution in [2.24, 2.45) is 9.98 Å². The maximum Gasteiger partial charge on any atom is 0.245 e. The van der Waals surface area contributed by atoms with Crippen molar-refractivity contribution in [3.8, 4) is 10.7 Å². The average molecular weight is 385 g/mol. The molecular weight excluding hydrogens is 362 g/mol. The first-order valence-corrected chi connectivity index (χ1v) is 10.00. The van der Waals surface area contributed by atoms with Crippen molar-refractivity contribution in [1.29, 1.82) is 0 Å². The minimum atomic E-state index is -0.394. The van der Waals surface area contributed by atoms with Gasteiger partial charge >= 0.3 is 0 Å². The lowest BCUT2D eigenvalue weighted by atomic mass is 10.00. The normalized spacial score (nSPS) is 25.1. The number of fused-ring (bicyclic) bond motifs is 1. The van der Waals surface area contributed by atoms with Crippen LogP contribution in [0, 0.1) is 0 Å². The summed E-state index contributed by atoms with van der Waals surface area (Å²) in [7, 11) is 1.83. The largest absolute Gasteiger partial charge is 0.344 e. The van der Waals surface area contributed by atoms with Gasteiger partial charge in [0.25, 0.3) is 0 Å². The Morgan fingerprint density at radius 3 is 2.85 bits per heavy atom. The maximum absolute atomic E-state index is 12.8. The number of nitrogens with one attached hydrogen (secondary N) is 1. The van der Waals surface area contributed by atoms with Crippen LogP contribution in [-0.4, -0.2) is 68.1 Å². The molecule has 0 bridgehead atoms. The van der Waals surface area contributed by atoms with Gasteiger partial charge in [-0.3, -0.25) is 14.9 Å². The molecule has 9 heteroatoms. The SMILES string of the molecule is CCC1C(=O)N(C)C2C=N[C@H](c3cn[nH]c3-c3nccs3)N=C2N1C(C)C. The second-order valence-electron chi connectivity index (χ2n) is 7.02. The predicted octanol–water partition coefficient (Wildman–Crippen LogP) is 2.34. The first-order chi connectivity index (χ1) is 13.0. The van der Waals surface area contributed by atoms with E-state index in [0.717, 1.165) is 28.5 Å². The lowest BCUT2D eigenvalue weighted by Crippen LogP contribution is -2.66. The molecule has 3 atom stereocenters. The van der Waals surface area contributed by atoms with E-state index in [1.807, 2.05) is 25.6 Å².